The first kappa shape index (κ1) is 25.2. The molecule has 0 saturated carbocycles. The van der Waals surface area contributed by atoms with Crippen molar-refractivity contribution >= 4 is 11.9 Å². The van der Waals surface area contributed by atoms with Gasteiger partial charge in [0.05, 0.1) is 13.2 Å². The zero-order valence-corrected chi connectivity index (χ0v) is 18.7. The Balaban J connectivity index is 0.000000534. The Morgan fingerprint density at radius 3 is 1.25 bits per heavy atom. The van der Waals surface area contributed by atoms with Crippen LogP contribution in [0.15, 0.2) is 48.5 Å². The summed E-state index contributed by atoms with van der Waals surface area (Å²) in [5.74, 6) is -1.74. The van der Waals surface area contributed by atoms with Gasteiger partial charge in [0.15, 0.2) is 0 Å². The van der Waals surface area contributed by atoms with Crippen molar-refractivity contribution in [3.63, 3.8) is 0 Å². The molecule has 0 aliphatic carbocycles. The monoisotopic (exact) mass is 444 g/mol. The van der Waals surface area contributed by atoms with Gasteiger partial charge >= 0.3 is 11.9 Å². The van der Waals surface area contributed by atoms with Crippen molar-refractivity contribution in [3.05, 3.63) is 59.7 Å². The number of carbonyl (C=O) groups is 2. The summed E-state index contributed by atoms with van der Waals surface area (Å²) in [4.78, 5) is 23.3. The Bertz CT molecular complexity index is 759. The van der Waals surface area contributed by atoms with Crippen LogP contribution in [0, 0.1) is 0 Å². The molecule has 0 amide bonds. The molecule has 0 bridgehead atoms. The summed E-state index contributed by atoms with van der Waals surface area (Å²) < 4.78 is 11.0. The number of rotatable bonds is 8. The van der Waals surface area contributed by atoms with Crippen LogP contribution in [0.3, 0.4) is 0 Å². The highest BCUT2D eigenvalue weighted by Crippen LogP contribution is 2.17. The van der Waals surface area contributed by atoms with Crippen molar-refractivity contribution in [1.29, 1.82) is 0 Å². The number of carboxylic acid groups (broad SMARTS) is 2. The maximum absolute atomic E-state index is 9.10. The van der Waals surface area contributed by atoms with E-state index in [1.807, 2.05) is 13.8 Å². The molecular weight excluding hydrogens is 412 g/mol. The van der Waals surface area contributed by atoms with Crippen LogP contribution in [0.1, 0.15) is 25.0 Å². The number of carboxylic acids is 2. The molecule has 3 rings (SSSR count). The van der Waals surface area contributed by atoms with Crippen LogP contribution >= 0.6 is 0 Å². The van der Waals surface area contributed by atoms with E-state index in [-0.39, 0.29) is 0 Å². The first-order chi connectivity index (χ1) is 15.4. The van der Waals surface area contributed by atoms with Crippen molar-refractivity contribution in [2.45, 2.75) is 26.9 Å². The third-order valence-corrected chi connectivity index (χ3v) is 4.93. The maximum Gasteiger partial charge on any atom is 0.414 e. The minimum atomic E-state index is -1.82. The molecule has 0 spiro atoms. The molecule has 0 unspecified atom stereocenters. The van der Waals surface area contributed by atoms with E-state index in [0.29, 0.717) is 0 Å². The molecule has 8 heteroatoms. The molecule has 2 aromatic rings. The SMILES string of the molecule is CCOc1ccc(CN2CCN(Cc3ccc(OCC)cc3)CC2)cc1.O=C(O)C(=O)O. The van der Waals surface area contributed by atoms with E-state index >= 15 is 0 Å². The number of hydrogen-bond acceptors (Lipinski definition) is 6. The first-order valence-corrected chi connectivity index (χ1v) is 10.8. The third-order valence-electron chi connectivity index (χ3n) is 4.93. The fourth-order valence-electron chi connectivity index (χ4n) is 3.34. The lowest BCUT2D eigenvalue weighted by atomic mass is 10.1. The van der Waals surface area contributed by atoms with Crippen LogP contribution in [0.2, 0.25) is 0 Å². The van der Waals surface area contributed by atoms with Crippen LogP contribution in [-0.2, 0) is 22.7 Å². The van der Waals surface area contributed by atoms with E-state index in [4.69, 9.17) is 29.3 Å². The van der Waals surface area contributed by atoms with Gasteiger partial charge in [-0.25, -0.2) is 9.59 Å². The Morgan fingerprint density at radius 1 is 0.688 bits per heavy atom. The highest BCUT2D eigenvalue weighted by atomic mass is 16.5. The molecule has 1 fully saturated rings. The number of hydrogen-bond donors (Lipinski definition) is 2. The second kappa shape index (κ2) is 13.3. The van der Waals surface area contributed by atoms with Crippen LogP contribution in [0.5, 0.6) is 11.5 Å². The molecular formula is C24H32N2O6. The molecule has 0 radical (unpaired) electrons. The van der Waals surface area contributed by atoms with Gasteiger partial charge < -0.3 is 19.7 Å². The van der Waals surface area contributed by atoms with Gasteiger partial charge in [0.25, 0.3) is 0 Å². The van der Waals surface area contributed by atoms with Gasteiger partial charge in [-0.3, -0.25) is 9.80 Å². The first-order valence-electron chi connectivity index (χ1n) is 10.8. The molecule has 174 valence electrons. The summed E-state index contributed by atoms with van der Waals surface area (Å²) in [5.41, 5.74) is 2.71. The number of piperazine rings is 1. The van der Waals surface area contributed by atoms with Crippen LogP contribution in [0.4, 0.5) is 0 Å². The lowest BCUT2D eigenvalue weighted by molar-refractivity contribution is -0.159. The number of benzene rings is 2. The van der Waals surface area contributed by atoms with Crippen molar-refractivity contribution < 1.29 is 29.3 Å². The molecule has 1 aliphatic rings. The summed E-state index contributed by atoms with van der Waals surface area (Å²) in [6, 6.07) is 17.0. The average molecular weight is 445 g/mol. The second-order valence-electron chi connectivity index (χ2n) is 7.32. The molecule has 2 aromatic carbocycles. The summed E-state index contributed by atoms with van der Waals surface area (Å²) in [7, 11) is 0. The van der Waals surface area contributed by atoms with Gasteiger partial charge in [0, 0.05) is 39.3 Å². The average Bonchev–Trinajstić information content (AvgIpc) is 2.78. The summed E-state index contributed by atoms with van der Waals surface area (Å²) in [6.45, 7) is 12.0. The van der Waals surface area contributed by atoms with Crippen molar-refractivity contribution in [3.8, 4) is 11.5 Å². The molecule has 0 aromatic heterocycles. The third kappa shape index (κ3) is 8.95. The fourth-order valence-corrected chi connectivity index (χ4v) is 3.34. The normalized spacial score (nSPS) is 14.2. The fraction of sp³-hybridized carbons (Fsp3) is 0.417. The largest absolute Gasteiger partial charge is 0.494 e. The topological polar surface area (TPSA) is 99.5 Å². The zero-order valence-electron chi connectivity index (χ0n) is 18.7. The molecule has 1 heterocycles. The Kier molecular flexibility index (Phi) is 10.5. The molecule has 1 aliphatic heterocycles. The van der Waals surface area contributed by atoms with Gasteiger partial charge in [-0.15, -0.1) is 0 Å². The van der Waals surface area contributed by atoms with Crippen LogP contribution < -0.4 is 9.47 Å². The van der Waals surface area contributed by atoms with Crippen molar-refractivity contribution in [2.24, 2.45) is 0 Å². The summed E-state index contributed by atoms with van der Waals surface area (Å²) in [5, 5.41) is 14.8. The predicted octanol–water partition coefficient (Wildman–Crippen LogP) is 2.96. The number of aliphatic carboxylic acids is 2. The second-order valence-corrected chi connectivity index (χ2v) is 7.32. The highest BCUT2D eigenvalue weighted by Gasteiger charge is 2.17. The zero-order chi connectivity index (χ0) is 23.3. The molecule has 1 saturated heterocycles. The summed E-state index contributed by atoms with van der Waals surface area (Å²) in [6.07, 6.45) is 0. The minimum absolute atomic E-state index is 0.718. The number of nitrogens with zero attached hydrogens (tertiary/aromatic N) is 2. The maximum atomic E-state index is 9.10. The van der Waals surface area contributed by atoms with Crippen LogP contribution in [-0.4, -0.2) is 71.3 Å². The standard InChI is InChI=1S/C22H30N2O2.C2H2O4/c1-3-25-21-9-5-19(6-10-21)17-23-13-15-24(16-14-23)18-20-7-11-22(12-8-20)26-4-2;3-1(4)2(5)6/h5-12H,3-4,13-18H2,1-2H3;(H,3,4)(H,5,6). The predicted molar refractivity (Wildman–Crippen MR) is 121 cm³/mol. The van der Waals surface area contributed by atoms with Gasteiger partial charge in [0.2, 0.25) is 0 Å². The smallest absolute Gasteiger partial charge is 0.414 e. The van der Waals surface area contributed by atoms with Gasteiger partial charge in [-0.1, -0.05) is 24.3 Å². The molecule has 0 atom stereocenters. The van der Waals surface area contributed by atoms with E-state index in [9.17, 15) is 0 Å². The van der Waals surface area contributed by atoms with Crippen molar-refractivity contribution in [1.82, 2.24) is 9.80 Å². The summed E-state index contributed by atoms with van der Waals surface area (Å²) >= 11 is 0. The molecule has 8 nitrogen and oxygen atoms in total. The minimum Gasteiger partial charge on any atom is -0.494 e. The Morgan fingerprint density at radius 2 is 1.00 bits per heavy atom. The van der Waals surface area contributed by atoms with Crippen LogP contribution in [0.25, 0.3) is 0 Å². The van der Waals surface area contributed by atoms with E-state index in [1.54, 1.807) is 0 Å². The van der Waals surface area contributed by atoms with E-state index in [1.165, 1.54) is 11.1 Å². The van der Waals surface area contributed by atoms with E-state index in [2.05, 4.69) is 58.3 Å². The van der Waals surface area contributed by atoms with Gasteiger partial charge in [0.1, 0.15) is 11.5 Å². The Hall–Kier alpha value is -3.10. The molecule has 32 heavy (non-hydrogen) atoms. The lowest BCUT2D eigenvalue weighted by Crippen LogP contribution is -2.45. The van der Waals surface area contributed by atoms with Crippen molar-refractivity contribution in [2.75, 3.05) is 39.4 Å². The van der Waals surface area contributed by atoms with E-state index in [0.717, 1.165) is 64.0 Å². The Labute approximate surface area is 189 Å². The van der Waals surface area contributed by atoms with Gasteiger partial charge in [-0.05, 0) is 49.2 Å². The number of ether oxygens (including phenoxy) is 2. The molecule has 2 N–H and O–H groups in total. The lowest BCUT2D eigenvalue weighted by Gasteiger charge is -2.34. The highest BCUT2D eigenvalue weighted by molar-refractivity contribution is 6.27. The van der Waals surface area contributed by atoms with Gasteiger partial charge in [-0.2, -0.15) is 0 Å². The quantitative estimate of drug-likeness (QED) is 0.600. The van der Waals surface area contributed by atoms with E-state index < -0.39 is 11.9 Å².